The second kappa shape index (κ2) is 9.57. The van der Waals surface area contributed by atoms with E-state index in [-0.39, 0.29) is 11.4 Å². The minimum absolute atomic E-state index is 0.146. The Morgan fingerprint density at radius 2 is 1.61 bits per heavy atom. The molecule has 28 heavy (non-hydrogen) atoms. The van der Waals surface area contributed by atoms with E-state index < -0.39 is 15.9 Å². The molecule has 0 aliphatic carbocycles. The lowest BCUT2D eigenvalue weighted by molar-refractivity contribution is -0.116. The van der Waals surface area contributed by atoms with Crippen molar-refractivity contribution in [1.29, 1.82) is 0 Å². The summed E-state index contributed by atoms with van der Waals surface area (Å²) in [5.41, 5.74) is 1.46. The summed E-state index contributed by atoms with van der Waals surface area (Å²) in [6, 6.07) is 11.5. The third-order valence-electron chi connectivity index (χ3n) is 3.92. The second-order valence-electron chi connectivity index (χ2n) is 6.15. The summed E-state index contributed by atoms with van der Waals surface area (Å²) in [5, 5.41) is 2.69. The Kier molecular flexibility index (Phi) is 7.42. The topological polar surface area (TPSA) is 84.9 Å². The average Bonchev–Trinajstić information content (AvgIpc) is 2.64. The first kappa shape index (κ1) is 21.7. The molecule has 152 valence electrons. The van der Waals surface area contributed by atoms with Crippen LogP contribution in [0.25, 0.3) is 0 Å². The van der Waals surface area contributed by atoms with Gasteiger partial charge in [-0.1, -0.05) is 17.7 Å². The van der Waals surface area contributed by atoms with Gasteiger partial charge in [0.25, 0.3) is 0 Å². The molecular weight excluding hydrogens is 380 g/mol. The van der Waals surface area contributed by atoms with Crippen molar-refractivity contribution in [2.24, 2.45) is 0 Å². The van der Waals surface area contributed by atoms with Crippen LogP contribution in [0.5, 0.6) is 11.5 Å². The van der Waals surface area contributed by atoms with Crippen LogP contribution in [0.15, 0.2) is 47.4 Å². The Labute approximate surface area is 166 Å². The monoisotopic (exact) mass is 406 g/mol. The highest BCUT2D eigenvalue weighted by atomic mass is 32.2. The van der Waals surface area contributed by atoms with Gasteiger partial charge in [-0.25, -0.2) is 8.42 Å². The van der Waals surface area contributed by atoms with Crippen LogP contribution in [0, 0.1) is 6.92 Å². The number of aryl methyl sites for hydroxylation is 1. The molecule has 0 bridgehead atoms. The van der Waals surface area contributed by atoms with E-state index in [0.29, 0.717) is 30.4 Å². The number of nitrogens with zero attached hydrogens (tertiary/aromatic N) is 1. The molecule has 8 heteroatoms. The molecule has 0 radical (unpaired) electrons. The lowest BCUT2D eigenvalue weighted by Gasteiger charge is -2.17. The van der Waals surface area contributed by atoms with E-state index in [1.165, 1.54) is 19.2 Å². The first-order valence-electron chi connectivity index (χ1n) is 9.00. The van der Waals surface area contributed by atoms with Gasteiger partial charge >= 0.3 is 0 Å². The van der Waals surface area contributed by atoms with E-state index in [0.717, 1.165) is 9.87 Å². The molecule has 0 aliphatic rings. The molecule has 0 atom stereocenters. The predicted molar refractivity (Wildman–Crippen MR) is 108 cm³/mol. The van der Waals surface area contributed by atoms with Crippen molar-refractivity contribution in [3.05, 3.63) is 48.0 Å². The minimum Gasteiger partial charge on any atom is -0.490 e. The first-order chi connectivity index (χ1) is 13.3. The number of ether oxygens (including phenoxy) is 2. The SMILES string of the molecule is CCOc1ccc(NC(=O)CN(C)S(=O)(=O)c2ccc(C)cc2)cc1OCC. The van der Waals surface area contributed by atoms with Gasteiger partial charge in [-0.3, -0.25) is 4.79 Å². The maximum absolute atomic E-state index is 12.6. The number of rotatable bonds is 9. The molecule has 0 unspecified atom stereocenters. The van der Waals surface area contributed by atoms with E-state index in [2.05, 4.69) is 5.32 Å². The Bertz CT molecular complexity index is 911. The molecule has 2 aromatic rings. The number of nitrogens with one attached hydrogen (secondary N) is 1. The number of hydrogen-bond donors (Lipinski definition) is 1. The number of carbonyl (C=O) groups excluding carboxylic acids is 1. The number of benzene rings is 2. The molecule has 0 heterocycles. The van der Waals surface area contributed by atoms with Gasteiger partial charge in [-0.2, -0.15) is 4.31 Å². The van der Waals surface area contributed by atoms with Gasteiger partial charge in [0.1, 0.15) is 0 Å². The van der Waals surface area contributed by atoms with E-state index in [9.17, 15) is 13.2 Å². The van der Waals surface area contributed by atoms with Crippen LogP contribution < -0.4 is 14.8 Å². The van der Waals surface area contributed by atoms with Crippen LogP contribution in [-0.4, -0.2) is 45.4 Å². The zero-order valence-electron chi connectivity index (χ0n) is 16.6. The summed E-state index contributed by atoms with van der Waals surface area (Å²) in [6.45, 7) is 6.23. The summed E-state index contributed by atoms with van der Waals surface area (Å²) < 4.78 is 37.2. The van der Waals surface area contributed by atoms with Crippen LogP contribution in [0.1, 0.15) is 19.4 Å². The lowest BCUT2D eigenvalue weighted by Crippen LogP contribution is -2.34. The number of amides is 1. The molecular formula is C20H26N2O5S. The molecule has 1 amide bonds. The maximum Gasteiger partial charge on any atom is 0.243 e. The molecule has 2 aromatic carbocycles. The second-order valence-corrected chi connectivity index (χ2v) is 8.19. The molecule has 0 fully saturated rings. The van der Waals surface area contributed by atoms with E-state index in [4.69, 9.17) is 9.47 Å². The number of carbonyl (C=O) groups is 1. The lowest BCUT2D eigenvalue weighted by atomic mass is 10.2. The van der Waals surface area contributed by atoms with Gasteiger partial charge in [0, 0.05) is 18.8 Å². The highest BCUT2D eigenvalue weighted by molar-refractivity contribution is 7.89. The smallest absolute Gasteiger partial charge is 0.243 e. The summed E-state index contributed by atoms with van der Waals surface area (Å²) >= 11 is 0. The molecule has 7 nitrogen and oxygen atoms in total. The van der Waals surface area contributed by atoms with Crippen LogP contribution >= 0.6 is 0 Å². The van der Waals surface area contributed by atoms with Crippen LogP contribution in [0.4, 0.5) is 5.69 Å². The third-order valence-corrected chi connectivity index (χ3v) is 5.74. The van der Waals surface area contributed by atoms with Gasteiger partial charge in [0.2, 0.25) is 15.9 Å². The number of anilines is 1. The number of likely N-dealkylation sites (N-methyl/N-ethyl adjacent to an activating group) is 1. The summed E-state index contributed by atoms with van der Waals surface area (Å²) in [5.74, 6) is 0.647. The quantitative estimate of drug-likeness (QED) is 0.692. The standard InChI is InChI=1S/C20H26N2O5S/c1-5-26-18-12-9-16(13-19(18)27-6-2)21-20(23)14-22(4)28(24,25)17-10-7-15(3)8-11-17/h7-13H,5-6,14H2,1-4H3,(H,21,23). The predicted octanol–water partition coefficient (Wildman–Crippen LogP) is 3.05. The van der Waals surface area contributed by atoms with Crippen molar-refractivity contribution < 1.29 is 22.7 Å². The fraction of sp³-hybridized carbons (Fsp3) is 0.350. The van der Waals surface area contributed by atoms with Crippen LogP contribution in [0.2, 0.25) is 0 Å². The van der Waals surface area contributed by atoms with Gasteiger partial charge < -0.3 is 14.8 Å². The van der Waals surface area contributed by atoms with E-state index >= 15 is 0 Å². The largest absolute Gasteiger partial charge is 0.490 e. The number of hydrogen-bond acceptors (Lipinski definition) is 5. The van der Waals surface area contributed by atoms with Crippen molar-refractivity contribution in [2.45, 2.75) is 25.7 Å². The Morgan fingerprint density at radius 1 is 1.00 bits per heavy atom. The highest BCUT2D eigenvalue weighted by Gasteiger charge is 2.23. The van der Waals surface area contributed by atoms with E-state index in [1.807, 2.05) is 20.8 Å². The van der Waals surface area contributed by atoms with Crippen molar-refractivity contribution in [1.82, 2.24) is 4.31 Å². The normalized spacial score (nSPS) is 11.3. The van der Waals surface area contributed by atoms with Gasteiger partial charge in [-0.05, 0) is 45.0 Å². The zero-order chi connectivity index (χ0) is 20.7. The van der Waals surface area contributed by atoms with Crippen LogP contribution in [0.3, 0.4) is 0 Å². The Morgan fingerprint density at radius 3 is 2.21 bits per heavy atom. The molecule has 0 aromatic heterocycles. The van der Waals surface area contributed by atoms with Gasteiger partial charge in [0.05, 0.1) is 24.7 Å². The summed E-state index contributed by atoms with van der Waals surface area (Å²) in [7, 11) is -2.37. The molecule has 0 saturated heterocycles. The molecule has 0 spiro atoms. The Balaban J connectivity index is 2.08. The van der Waals surface area contributed by atoms with Crippen LogP contribution in [-0.2, 0) is 14.8 Å². The molecule has 0 aliphatic heterocycles. The average molecular weight is 407 g/mol. The van der Waals surface area contributed by atoms with Gasteiger partial charge in [-0.15, -0.1) is 0 Å². The van der Waals surface area contributed by atoms with Gasteiger partial charge in [0.15, 0.2) is 11.5 Å². The first-order valence-corrected chi connectivity index (χ1v) is 10.4. The fourth-order valence-electron chi connectivity index (χ4n) is 2.51. The summed E-state index contributed by atoms with van der Waals surface area (Å²) in [4.78, 5) is 12.5. The third kappa shape index (κ3) is 5.46. The Hall–Kier alpha value is -2.58. The minimum atomic E-state index is -3.75. The van der Waals surface area contributed by atoms with Crippen molar-refractivity contribution in [2.75, 3.05) is 32.1 Å². The molecule has 1 N–H and O–H groups in total. The summed E-state index contributed by atoms with van der Waals surface area (Å²) in [6.07, 6.45) is 0. The molecule has 2 rings (SSSR count). The molecule has 0 saturated carbocycles. The highest BCUT2D eigenvalue weighted by Crippen LogP contribution is 2.30. The van der Waals surface area contributed by atoms with Crippen molar-refractivity contribution >= 4 is 21.6 Å². The zero-order valence-corrected chi connectivity index (χ0v) is 17.4. The van der Waals surface area contributed by atoms with Crippen molar-refractivity contribution in [3.63, 3.8) is 0 Å². The van der Waals surface area contributed by atoms with Crippen molar-refractivity contribution in [3.8, 4) is 11.5 Å². The maximum atomic E-state index is 12.6. The number of sulfonamides is 1. The van der Waals surface area contributed by atoms with E-state index in [1.54, 1.807) is 30.3 Å². The fourth-order valence-corrected chi connectivity index (χ4v) is 3.63.